The second-order valence-corrected chi connectivity index (χ2v) is 10.0. The number of benzene rings is 1. The molecule has 0 saturated carbocycles. The van der Waals surface area contributed by atoms with Gasteiger partial charge >= 0.3 is 41.5 Å². The molecule has 1 rings (SSSR count). The Morgan fingerprint density at radius 1 is 0.730 bits per heavy atom. The number of carbonyl (C=O) groups is 2. The van der Waals surface area contributed by atoms with Crippen LogP contribution in [0.5, 0.6) is 0 Å². The average molecular weight is 545 g/mol. The van der Waals surface area contributed by atoms with Crippen LogP contribution in [0, 0.1) is 0 Å². The Bertz CT molecular complexity index is 955. The van der Waals surface area contributed by atoms with Crippen LogP contribution in [0.2, 0.25) is 0 Å². The van der Waals surface area contributed by atoms with E-state index in [0.717, 1.165) is 82.4 Å². The molecule has 0 heterocycles. The van der Waals surface area contributed by atoms with Gasteiger partial charge in [-0.1, -0.05) is 51.0 Å². The molecule has 0 saturated heterocycles. The van der Waals surface area contributed by atoms with Crippen molar-refractivity contribution in [3.63, 3.8) is 0 Å². The molecule has 1 aromatic carbocycles. The van der Waals surface area contributed by atoms with Gasteiger partial charge < -0.3 is 14.0 Å². The van der Waals surface area contributed by atoms with Gasteiger partial charge in [0.25, 0.3) is 0 Å². The van der Waals surface area contributed by atoms with Crippen LogP contribution in [-0.2, 0) is 19.6 Å². The van der Waals surface area contributed by atoms with Crippen molar-refractivity contribution < 1.29 is 61.6 Å². The molecule has 0 atom stereocenters. The van der Waals surface area contributed by atoms with Crippen LogP contribution < -0.4 is 29.6 Å². The molecule has 0 spiro atoms. The van der Waals surface area contributed by atoms with Crippen LogP contribution in [0.4, 0.5) is 0 Å². The van der Waals surface area contributed by atoms with Crippen LogP contribution in [-0.4, -0.2) is 38.1 Å². The van der Waals surface area contributed by atoms with Crippen LogP contribution in [0.25, 0.3) is 0 Å². The molecule has 0 radical (unpaired) electrons. The molecule has 0 amide bonds. The maximum absolute atomic E-state index is 12.6. The molecule has 0 bridgehead atoms. The Labute approximate surface area is 245 Å². The fraction of sp³-hybridized carbons (Fsp3) is 0.571. The maximum atomic E-state index is 12.6. The van der Waals surface area contributed by atoms with Crippen molar-refractivity contribution in [3.8, 4) is 0 Å². The second-order valence-electron chi connectivity index (χ2n) is 8.65. The third-order valence-electron chi connectivity index (χ3n) is 5.46. The van der Waals surface area contributed by atoms with Crippen molar-refractivity contribution in [1.82, 2.24) is 0 Å². The van der Waals surface area contributed by atoms with Gasteiger partial charge in [0, 0.05) is 0 Å². The van der Waals surface area contributed by atoms with Gasteiger partial charge in [-0.25, -0.2) is 18.0 Å². The zero-order chi connectivity index (χ0) is 26.7. The molecule has 7 nitrogen and oxygen atoms in total. The molecule has 9 heteroatoms. The quantitative estimate of drug-likeness (QED) is 0.0858. The molecule has 0 aromatic heterocycles. The molecule has 0 aliphatic rings. The minimum Gasteiger partial charge on any atom is -0.744 e. The minimum absolute atomic E-state index is 0. The molecule has 0 fully saturated rings. The first kappa shape index (κ1) is 35.5. The van der Waals surface area contributed by atoms with Gasteiger partial charge in [-0.15, -0.1) is 0 Å². The van der Waals surface area contributed by atoms with Gasteiger partial charge in [0.1, 0.15) is 10.1 Å². The Kier molecular flexibility index (Phi) is 20.6. The van der Waals surface area contributed by atoms with E-state index in [0.29, 0.717) is 12.8 Å². The summed E-state index contributed by atoms with van der Waals surface area (Å²) in [6.07, 6.45) is 20.0. The molecular weight excluding hydrogens is 503 g/mol. The molecule has 0 N–H and O–H groups in total. The molecule has 0 unspecified atom stereocenters. The van der Waals surface area contributed by atoms with E-state index in [2.05, 4.69) is 38.2 Å². The normalized spacial score (nSPS) is 11.5. The molecule has 37 heavy (non-hydrogen) atoms. The molecule has 0 aliphatic heterocycles. The van der Waals surface area contributed by atoms with Crippen molar-refractivity contribution in [2.24, 2.45) is 0 Å². The van der Waals surface area contributed by atoms with Gasteiger partial charge in [0.2, 0.25) is 0 Å². The molecule has 202 valence electrons. The van der Waals surface area contributed by atoms with Crippen molar-refractivity contribution in [3.05, 3.63) is 53.6 Å². The summed E-state index contributed by atoms with van der Waals surface area (Å²) in [6.45, 7) is 4.57. The summed E-state index contributed by atoms with van der Waals surface area (Å²) in [7, 11) is -4.80. The topological polar surface area (TPSA) is 110 Å². The molecule has 0 aliphatic carbocycles. The predicted octanol–water partition coefficient (Wildman–Crippen LogP) is 3.74. The first-order chi connectivity index (χ1) is 17.3. The van der Waals surface area contributed by atoms with E-state index in [4.69, 9.17) is 9.47 Å². The van der Waals surface area contributed by atoms with E-state index in [-0.39, 0.29) is 53.9 Å². The van der Waals surface area contributed by atoms with E-state index in [9.17, 15) is 22.6 Å². The third kappa shape index (κ3) is 16.2. The van der Waals surface area contributed by atoms with Gasteiger partial charge in [0.15, 0.2) is 0 Å². The van der Waals surface area contributed by atoms with Crippen LogP contribution in [0.15, 0.2) is 47.4 Å². The molecule has 1 aromatic rings. The fourth-order valence-corrected chi connectivity index (χ4v) is 3.89. The van der Waals surface area contributed by atoms with E-state index in [1.807, 2.05) is 0 Å². The number of rotatable bonds is 19. The van der Waals surface area contributed by atoms with Crippen molar-refractivity contribution in [1.29, 1.82) is 0 Å². The second kappa shape index (κ2) is 21.5. The van der Waals surface area contributed by atoms with Crippen molar-refractivity contribution in [2.75, 3.05) is 13.2 Å². The zero-order valence-electron chi connectivity index (χ0n) is 22.7. The van der Waals surface area contributed by atoms with Crippen LogP contribution in [0.1, 0.15) is 112 Å². The Hall–Kier alpha value is -1.45. The number of ether oxygens (including phenoxy) is 2. The standard InChI is InChI=1S/C28H42O7S.Na/c1-3-5-7-9-11-13-15-17-21-34-27(29)25-20-19-24(36(31,32)33)23-26(25)28(30)35-22-18-16-14-12-10-8-6-4-2;/h7-10,19-20,23H,3-6,11-18,21-22H2,1-2H3,(H,31,32,33);/q;+1/p-1/b9-7+,10-8+;. The Morgan fingerprint density at radius 2 is 1.19 bits per heavy atom. The summed E-state index contributed by atoms with van der Waals surface area (Å²) in [5.74, 6) is -1.60. The number of allylic oxidation sites excluding steroid dienone is 4. The summed E-state index contributed by atoms with van der Waals surface area (Å²) < 4.78 is 44.9. The molecular formula is C28H41NaO7S. The zero-order valence-corrected chi connectivity index (χ0v) is 25.5. The summed E-state index contributed by atoms with van der Waals surface area (Å²) in [5, 5.41) is 0. The van der Waals surface area contributed by atoms with Gasteiger partial charge in [-0.2, -0.15) is 0 Å². The van der Waals surface area contributed by atoms with E-state index < -0.39 is 27.0 Å². The number of esters is 2. The number of carbonyl (C=O) groups excluding carboxylic acids is 2. The van der Waals surface area contributed by atoms with E-state index in [1.54, 1.807) is 0 Å². The van der Waals surface area contributed by atoms with Crippen molar-refractivity contribution in [2.45, 2.75) is 95.8 Å². The Balaban J connectivity index is 0.0000130. The Morgan fingerprint density at radius 3 is 1.65 bits per heavy atom. The van der Waals surface area contributed by atoms with Gasteiger partial charge in [0.05, 0.1) is 29.2 Å². The number of unbranched alkanes of at least 4 members (excludes halogenated alkanes) is 8. The van der Waals surface area contributed by atoms with E-state index >= 15 is 0 Å². The summed E-state index contributed by atoms with van der Waals surface area (Å²) in [6, 6.07) is 3.03. The van der Waals surface area contributed by atoms with Crippen molar-refractivity contribution >= 4 is 22.1 Å². The van der Waals surface area contributed by atoms with Gasteiger partial charge in [-0.05, 0) is 82.4 Å². The minimum atomic E-state index is -4.80. The number of hydrogen-bond acceptors (Lipinski definition) is 7. The first-order valence-corrected chi connectivity index (χ1v) is 14.5. The average Bonchev–Trinajstić information content (AvgIpc) is 2.85. The maximum Gasteiger partial charge on any atom is 1.00 e. The monoisotopic (exact) mass is 544 g/mol. The van der Waals surface area contributed by atoms with Crippen LogP contribution in [0.3, 0.4) is 0 Å². The SMILES string of the molecule is CCC/C=C/CCCCCOC(=O)c1ccc(S(=O)(=O)[O-])cc1C(=O)OCCCCC/C=C/CCC.[Na+]. The number of hydrogen-bond donors (Lipinski definition) is 0. The summed E-state index contributed by atoms with van der Waals surface area (Å²) in [4.78, 5) is 24.6. The summed E-state index contributed by atoms with van der Waals surface area (Å²) in [5.41, 5.74) is -0.392. The largest absolute Gasteiger partial charge is 1.00 e. The van der Waals surface area contributed by atoms with Gasteiger partial charge in [-0.3, -0.25) is 0 Å². The smallest absolute Gasteiger partial charge is 0.744 e. The third-order valence-corrected chi connectivity index (χ3v) is 6.29. The predicted molar refractivity (Wildman–Crippen MR) is 140 cm³/mol. The fourth-order valence-electron chi connectivity index (χ4n) is 3.40. The summed E-state index contributed by atoms with van der Waals surface area (Å²) >= 11 is 0. The van der Waals surface area contributed by atoms with E-state index in [1.165, 1.54) is 0 Å². The van der Waals surface area contributed by atoms with Crippen LogP contribution >= 0.6 is 0 Å². The first-order valence-electron chi connectivity index (χ1n) is 13.0.